The predicted molar refractivity (Wildman–Crippen MR) is 109 cm³/mol. The number of carbonyl (C=O) groups is 1. The Morgan fingerprint density at radius 3 is 2.48 bits per heavy atom. The Balaban J connectivity index is 1.70. The molecule has 1 amide bonds. The number of hydrogen-bond acceptors (Lipinski definition) is 6. The normalized spacial score (nSPS) is 15.8. The van der Waals surface area contributed by atoms with Crippen LogP contribution in [-0.2, 0) is 21.4 Å². The Labute approximate surface area is 170 Å². The summed E-state index contributed by atoms with van der Waals surface area (Å²) in [5.41, 5.74) is 4.00. The molecule has 10 heteroatoms. The van der Waals surface area contributed by atoms with Crippen LogP contribution >= 0.6 is 0 Å². The highest BCUT2D eigenvalue weighted by Crippen LogP contribution is 2.24. The summed E-state index contributed by atoms with van der Waals surface area (Å²) in [7, 11) is -3.20. The van der Waals surface area contributed by atoms with Crippen molar-refractivity contribution in [2.24, 2.45) is 0 Å². The van der Waals surface area contributed by atoms with Gasteiger partial charge in [0, 0.05) is 50.7 Å². The van der Waals surface area contributed by atoms with E-state index < -0.39 is 15.8 Å². The quantitative estimate of drug-likeness (QED) is 0.516. The van der Waals surface area contributed by atoms with E-state index in [1.54, 1.807) is 43.6 Å². The fourth-order valence-electron chi connectivity index (χ4n) is 3.17. The first kappa shape index (κ1) is 21.2. The number of sulfonamides is 1. The summed E-state index contributed by atoms with van der Waals surface area (Å²) in [5.74, 6) is -0.417. The third-order valence-corrected chi connectivity index (χ3v) is 6.72. The molecule has 0 saturated carbocycles. The Hall–Kier alpha value is -2.56. The van der Waals surface area contributed by atoms with Crippen molar-refractivity contribution in [3.05, 3.63) is 54.1 Å². The van der Waals surface area contributed by atoms with E-state index in [0.717, 1.165) is 5.01 Å². The molecule has 0 atom stereocenters. The summed E-state index contributed by atoms with van der Waals surface area (Å²) >= 11 is 0. The van der Waals surface area contributed by atoms with Gasteiger partial charge in [-0.1, -0.05) is 12.1 Å². The SMILES string of the molecule is CCS(=O)(=O)N1CCN(Cc2cccc(N(C=O)Nc3ccncc3)c2F)CC1. The molecule has 0 aliphatic carbocycles. The van der Waals surface area contributed by atoms with Gasteiger partial charge in [0.2, 0.25) is 16.4 Å². The highest BCUT2D eigenvalue weighted by Gasteiger charge is 2.26. The van der Waals surface area contributed by atoms with Crippen LogP contribution in [0.3, 0.4) is 0 Å². The molecule has 29 heavy (non-hydrogen) atoms. The molecule has 2 aromatic rings. The first-order chi connectivity index (χ1) is 13.9. The number of nitrogens with one attached hydrogen (secondary N) is 1. The highest BCUT2D eigenvalue weighted by molar-refractivity contribution is 7.89. The zero-order chi connectivity index (χ0) is 20.9. The maximum absolute atomic E-state index is 15.1. The van der Waals surface area contributed by atoms with Crippen LogP contribution in [0.25, 0.3) is 0 Å². The second kappa shape index (κ2) is 9.29. The molecule has 1 N–H and O–H groups in total. The van der Waals surface area contributed by atoms with Crippen LogP contribution in [0.1, 0.15) is 12.5 Å². The van der Waals surface area contributed by atoms with E-state index in [1.807, 2.05) is 4.90 Å². The van der Waals surface area contributed by atoms with Crippen LogP contribution in [0.5, 0.6) is 0 Å². The van der Waals surface area contributed by atoms with E-state index >= 15 is 4.39 Å². The first-order valence-corrected chi connectivity index (χ1v) is 10.9. The minimum atomic E-state index is -3.20. The molecule has 8 nitrogen and oxygen atoms in total. The van der Waals surface area contributed by atoms with Gasteiger partial charge in [-0.3, -0.25) is 20.1 Å². The minimum Gasteiger partial charge on any atom is -0.296 e. The summed E-state index contributed by atoms with van der Waals surface area (Å²) in [6.45, 7) is 3.79. The number of hydrogen-bond donors (Lipinski definition) is 1. The van der Waals surface area contributed by atoms with E-state index in [4.69, 9.17) is 0 Å². The van der Waals surface area contributed by atoms with Gasteiger partial charge in [-0.2, -0.15) is 4.31 Å². The van der Waals surface area contributed by atoms with Gasteiger partial charge in [0.1, 0.15) is 5.69 Å². The van der Waals surface area contributed by atoms with Crippen molar-refractivity contribution >= 4 is 27.8 Å². The number of benzene rings is 1. The highest BCUT2D eigenvalue weighted by atomic mass is 32.2. The number of nitrogens with zero attached hydrogens (tertiary/aromatic N) is 4. The van der Waals surface area contributed by atoms with Crippen molar-refractivity contribution in [2.75, 3.05) is 42.4 Å². The van der Waals surface area contributed by atoms with Gasteiger partial charge in [-0.25, -0.2) is 17.8 Å². The predicted octanol–water partition coefficient (Wildman–Crippen LogP) is 1.68. The van der Waals surface area contributed by atoms with Gasteiger partial charge < -0.3 is 0 Å². The van der Waals surface area contributed by atoms with Gasteiger partial charge in [-0.15, -0.1) is 0 Å². The molecule has 1 saturated heterocycles. The topological polar surface area (TPSA) is 85.9 Å². The van der Waals surface area contributed by atoms with Crippen LogP contribution in [0.15, 0.2) is 42.7 Å². The number of amides is 1. The molecule has 156 valence electrons. The smallest absolute Gasteiger partial charge is 0.232 e. The molecule has 1 aromatic heterocycles. The summed E-state index contributed by atoms with van der Waals surface area (Å²) < 4.78 is 40.5. The standard InChI is InChI=1S/C19H24FN5O3S/c1-2-29(27,28)24-12-10-23(11-13-24)14-16-4-3-5-18(19(16)20)25(15-26)22-17-6-8-21-9-7-17/h3-9,15H,2,10-14H2,1H3,(H,21,22). The zero-order valence-corrected chi connectivity index (χ0v) is 17.0. The van der Waals surface area contributed by atoms with Crippen LogP contribution in [-0.4, -0.2) is 60.9 Å². The van der Waals surface area contributed by atoms with Gasteiger partial charge in [0.25, 0.3) is 0 Å². The largest absolute Gasteiger partial charge is 0.296 e. The molecular formula is C19H24FN5O3S. The maximum Gasteiger partial charge on any atom is 0.232 e. The molecule has 0 bridgehead atoms. The second-order valence-electron chi connectivity index (χ2n) is 6.65. The lowest BCUT2D eigenvalue weighted by atomic mass is 10.1. The van der Waals surface area contributed by atoms with Crippen molar-refractivity contribution < 1.29 is 17.6 Å². The number of hydrazine groups is 1. The van der Waals surface area contributed by atoms with Gasteiger partial charge in [-0.05, 0) is 25.1 Å². The van der Waals surface area contributed by atoms with Crippen LogP contribution in [0.2, 0.25) is 0 Å². The Kier molecular flexibility index (Phi) is 6.78. The average molecular weight is 421 g/mol. The molecule has 1 aromatic carbocycles. The summed E-state index contributed by atoms with van der Waals surface area (Å²) in [6.07, 6.45) is 3.64. The summed E-state index contributed by atoms with van der Waals surface area (Å²) in [5, 5.41) is 1.08. The minimum absolute atomic E-state index is 0.0790. The Morgan fingerprint density at radius 2 is 1.86 bits per heavy atom. The van der Waals surface area contributed by atoms with Crippen molar-refractivity contribution in [2.45, 2.75) is 13.5 Å². The van der Waals surface area contributed by atoms with Crippen LogP contribution in [0, 0.1) is 5.82 Å². The zero-order valence-electron chi connectivity index (χ0n) is 16.2. The van der Waals surface area contributed by atoms with E-state index in [0.29, 0.717) is 50.4 Å². The third-order valence-electron chi connectivity index (χ3n) is 4.84. The van der Waals surface area contributed by atoms with Gasteiger partial charge in [0.05, 0.1) is 11.4 Å². The summed E-state index contributed by atoms with van der Waals surface area (Å²) in [4.78, 5) is 17.4. The number of piperazine rings is 1. The Bertz CT molecular complexity index is 934. The molecule has 0 unspecified atom stereocenters. The van der Waals surface area contributed by atoms with Crippen molar-refractivity contribution in [1.82, 2.24) is 14.2 Å². The molecule has 0 spiro atoms. The molecule has 3 rings (SSSR count). The van der Waals surface area contributed by atoms with Gasteiger partial charge >= 0.3 is 0 Å². The number of halogens is 1. The maximum atomic E-state index is 15.1. The van der Waals surface area contributed by atoms with Crippen molar-refractivity contribution in [1.29, 1.82) is 0 Å². The van der Waals surface area contributed by atoms with Crippen molar-refractivity contribution in [3.8, 4) is 0 Å². The molecule has 1 fully saturated rings. The fourth-order valence-corrected chi connectivity index (χ4v) is 4.26. The lowest BCUT2D eigenvalue weighted by molar-refractivity contribution is -0.107. The number of aromatic nitrogens is 1. The molecule has 2 heterocycles. The molecule has 1 aliphatic heterocycles. The fraction of sp³-hybridized carbons (Fsp3) is 0.368. The molecule has 1 aliphatic rings. The number of anilines is 2. The van der Waals surface area contributed by atoms with Crippen LogP contribution in [0.4, 0.5) is 15.8 Å². The lowest BCUT2D eigenvalue weighted by Gasteiger charge is -2.34. The number of rotatable bonds is 8. The monoisotopic (exact) mass is 421 g/mol. The molecule has 0 radical (unpaired) electrons. The van der Waals surface area contributed by atoms with E-state index in [-0.39, 0.29) is 11.4 Å². The number of carbonyl (C=O) groups excluding carboxylic acids is 1. The molecular weight excluding hydrogens is 397 g/mol. The average Bonchev–Trinajstić information content (AvgIpc) is 2.75. The summed E-state index contributed by atoms with van der Waals surface area (Å²) in [6, 6.07) is 8.22. The van der Waals surface area contributed by atoms with E-state index in [1.165, 1.54) is 10.4 Å². The Morgan fingerprint density at radius 1 is 1.17 bits per heavy atom. The first-order valence-electron chi connectivity index (χ1n) is 9.33. The third kappa shape index (κ3) is 5.08. The van der Waals surface area contributed by atoms with Gasteiger partial charge in [0.15, 0.2) is 5.82 Å². The lowest BCUT2D eigenvalue weighted by Crippen LogP contribution is -2.48. The van der Waals surface area contributed by atoms with Crippen molar-refractivity contribution in [3.63, 3.8) is 0 Å². The van der Waals surface area contributed by atoms with E-state index in [2.05, 4.69) is 10.4 Å². The van der Waals surface area contributed by atoms with E-state index in [9.17, 15) is 13.2 Å². The second-order valence-corrected chi connectivity index (χ2v) is 8.91. The van der Waals surface area contributed by atoms with Crippen LogP contribution < -0.4 is 10.4 Å². The number of pyridine rings is 1.